The van der Waals surface area contributed by atoms with Crippen LogP contribution in [0.3, 0.4) is 0 Å². The molecule has 8 nitrogen and oxygen atoms in total. The first-order valence-electron chi connectivity index (χ1n) is 8.51. The van der Waals surface area contributed by atoms with Crippen LogP contribution in [0, 0.1) is 0 Å². The number of benzene rings is 1. The molecule has 0 unspecified atom stereocenters. The largest absolute Gasteiger partial charge is 0.461 e. The van der Waals surface area contributed by atoms with Crippen LogP contribution in [0.2, 0.25) is 0 Å². The summed E-state index contributed by atoms with van der Waals surface area (Å²) < 4.78 is 15.9. The van der Waals surface area contributed by atoms with Crippen molar-refractivity contribution in [3.8, 4) is 23.0 Å². The molecule has 28 heavy (non-hydrogen) atoms. The highest BCUT2D eigenvalue weighted by molar-refractivity contribution is 7.99. The minimum absolute atomic E-state index is 0.0236. The Morgan fingerprint density at radius 2 is 2.00 bits per heavy atom. The summed E-state index contributed by atoms with van der Waals surface area (Å²) in [4.78, 5) is 13.4. The molecule has 0 radical (unpaired) electrons. The zero-order valence-electron chi connectivity index (χ0n) is 15.1. The monoisotopic (exact) mass is 396 g/mol. The lowest BCUT2D eigenvalue weighted by Gasteiger charge is -2.05. The summed E-state index contributed by atoms with van der Waals surface area (Å²) in [6, 6.07) is 12.7. The van der Waals surface area contributed by atoms with Crippen molar-refractivity contribution in [2.45, 2.75) is 24.0 Å². The first kappa shape index (κ1) is 18.1. The zero-order valence-corrected chi connectivity index (χ0v) is 15.9. The molecule has 9 heteroatoms. The Bertz CT molecular complexity index is 1090. The van der Waals surface area contributed by atoms with E-state index in [0.717, 1.165) is 10.5 Å². The number of thioether (sulfide) groups is 1. The summed E-state index contributed by atoms with van der Waals surface area (Å²) in [5.41, 5.74) is 0.849. The Labute approximate surface area is 164 Å². The molecular weight excluding hydrogens is 380 g/mol. The van der Waals surface area contributed by atoms with Crippen LogP contribution in [0.25, 0.3) is 23.0 Å². The first-order valence-corrected chi connectivity index (χ1v) is 9.39. The standard InChI is InChI=1S/C19H16N4O4S/c1-11(2)28-13-6-3-5-12(9-13)18-21-22-19(26-18)20-17(24)14-10-16(27-23-14)15-7-4-8-25-15/h3-11H,1-2H3,(H,20,22,24). The topological polar surface area (TPSA) is 107 Å². The zero-order chi connectivity index (χ0) is 19.5. The van der Waals surface area contributed by atoms with E-state index in [1.54, 1.807) is 23.9 Å². The maximum Gasteiger partial charge on any atom is 0.322 e. The lowest BCUT2D eigenvalue weighted by atomic mass is 10.2. The molecular formula is C19H16N4O4S. The van der Waals surface area contributed by atoms with E-state index in [1.807, 2.05) is 24.3 Å². The van der Waals surface area contributed by atoms with Gasteiger partial charge in [-0.25, -0.2) is 0 Å². The number of rotatable bonds is 6. The fourth-order valence-electron chi connectivity index (χ4n) is 2.44. The fourth-order valence-corrected chi connectivity index (χ4v) is 3.34. The molecule has 3 aromatic heterocycles. The van der Waals surface area contributed by atoms with Gasteiger partial charge in [-0.1, -0.05) is 30.2 Å². The van der Waals surface area contributed by atoms with E-state index in [-0.39, 0.29) is 11.7 Å². The summed E-state index contributed by atoms with van der Waals surface area (Å²) in [5.74, 6) is 0.616. The average Bonchev–Trinajstić information content (AvgIpc) is 3.42. The lowest BCUT2D eigenvalue weighted by molar-refractivity contribution is 0.101. The Balaban J connectivity index is 1.47. The van der Waals surface area contributed by atoms with E-state index >= 15 is 0 Å². The summed E-state index contributed by atoms with van der Waals surface area (Å²) in [6.07, 6.45) is 1.51. The van der Waals surface area contributed by atoms with Crippen LogP contribution < -0.4 is 5.32 Å². The molecule has 1 aromatic carbocycles. The summed E-state index contributed by atoms with van der Waals surface area (Å²) in [7, 11) is 0. The van der Waals surface area contributed by atoms with Crippen molar-refractivity contribution >= 4 is 23.7 Å². The van der Waals surface area contributed by atoms with Crippen LogP contribution in [-0.2, 0) is 0 Å². The smallest absolute Gasteiger partial charge is 0.322 e. The van der Waals surface area contributed by atoms with E-state index < -0.39 is 5.91 Å². The van der Waals surface area contributed by atoms with Crippen LogP contribution in [0.4, 0.5) is 6.01 Å². The van der Waals surface area contributed by atoms with Crippen LogP contribution in [0.1, 0.15) is 24.3 Å². The number of carbonyl (C=O) groups excluding carboxylic acids is 1. The second-order valence-corrected chi connectivity index (χ2v) is 7.76. The van der Waals surface area contributed by atoms with Gasteiger partial charge >= 0.3 is 6.01 Å². The molecule has 142 valence electrons. The predicted octanol–water partition coefficient (Wildman–Crippen LogP) is 4.74. The molecule has 0 bridgehead atoms. The van der Waals surface area contributed by atoms with Crippen molar-refractivity contribution in [3.05, 3.63) is 54.4 Å². The van der Waals surface area contributed by atoms with Gasteiger partial charge in [0.05, 0.1) is 6.26 Å². The van der Waals surface area contributed by atoms with Gasteiger partial charge in [0, 0.05) is 21.8 Å². The number of aromatic nitrogens is 3. The molecule has 0 atom stereocenters. The average molecular weight is 396 g/mol. The number of anilines is 1. The normalized spacial score (nSPS) is 11.1. The Kier molecular flexibility index (Phi) is 4.98. The van der Waals surface area contributed by atoms with Crippen LogP contribution >= 0.6 is 11.8 Å². The summed E-state index contributed by atoms with van der Waals surface area (Å²) >= 11 is 1.74. The lowest BCUT2D eigenvalue weighted by Crippen LogP contribution is -2.12. The second kappa shape index (κ2) is 7.73. The highest BCUT2D eigenvalue weighted by Gasteiger charge is 2.18. The van der Waals surface area contributed by atoms with Crippen molar-refractivity contribution in [3.63, 3.8) is 0 Å². The first-order chi connectivity index (χ1) is 13.6. The Morgan fingerprint density at radius 3 is 2.79 bits per heavy atom. The van der Waals surface area contributed by atoms with E-state index in [9.17, 15) is 4.79 Å². The molecule has 0 aliphatic carbocycles. The minimum Gasteiger partial charge on any atom is -0.461 e. The maximum absolute atomic E-state index is 12.3. The summed E-state index contributed by atoms with van der Waals surface area (Å²) in [5, 5.41) is 14.6. The molecule has 1 amide bonds. The number of nitrogens with zero attached hydrogens (tertiary/aromatic N) is 3. The molecule has 0 saturated heterocycles. The summed E-state index contributed by atoms with van der Waals surface area (Å²) in [6.45, 7) is 4.25. The SMILES string of the molecule is CC(C)Sc1cccc(-c2nnc(NC(=O)c3cc(-c4ccco4)on3)o2)c1. The van der Waals surface area contributed by atoms with E-state index in [2.05, 4.69) is 34.5 Å². The molecule has 3 heterocycles. The molecule has 0 spiro atoms. The van der Waals surface area contributed by atoms with Gasteiger partial charge in [-0.05, 0) is 30.3 Å². The highest BCUT2D eigenvalue weighted by atomic mass is 32.2. The molecule has 0 aliphatic rings. The van der Waals surface area contributed by atoms with Gasteiger partial charge in [0.15, 0.2) is 11.5 Å². The van der Waals surface area contributed by atoms with Gasteiger partial charge in [-0.15, -0.1) is 16.9 Å². The third kappa shape index (κ3) is 3.99. The fraction of sp³-hybridized carbons (Fsp3) is 0.158. The quantitative estimate of drug-likeness (QED) is 0.466. The van der Waals surface area contributed by atoms with Crippen LogP contribution in [0.5, 0.6) is 0 Å². The van der Waals surface area contributed by atoms with Gasteiger partial charge in [0.2, 0.25) is 11.7 Å². The number of carbonyl (C=O) groups is 1. The van der Waals surface area contributed by atoms with Gasteiger partial charge in [-0.3, -0.25) is 10.1 Å². The predicted molar refractivity (Wildman–Crippen MR) is 103 cm³/mol. The van der Waals surface area contributed by atoms with Crippen molar-refractivity contribution in [1.29, 1.82) is 0 Å². The molecule has 0 saturated carbocycles. The third-order valence-electron chi connectivity index (χ3n) is 3.61. The number of hydrogen-bond donors (Lipinski definition) is 1. The highest BCUT2D eigenvalue weighted by Crippen LogP contribution is 2.28. The van der Waals surface area contributed by atoms with Gasteiger partial charge < -0.3 is 13.4 Å². The minimum atomic E-state index is -0.527. The maximum atomic E-state index is 12.3. The molecule has 0 fully saturated rings. The van der Waals surface area contributed by atoms with Crippen molar-refractivity contribution in [2.24, 2.45) is 0 Å². The van der Waals surface area contributed by atoms with E-state index in [1.165, 1.54) is 12.3 Å². The second-order valence-electron chi connectivity index (χ2n) is 6.11. The number of hydrogen-bond acceptors (Lipinski definition) is 8. The van der Waals surface area contributed by atoms with E-state index in [4.69, 9.17) is 13.4 Å². The van der Waals surface area contributed by atoms with Crippen molar-refractivity contribution in [2.75, 3.05) is 5.32 Å². The van der Waals surface area contributed by atoms with E-state index in [0.29, 0.717) is 22.7 Å². The van der Waals surface area contributed by atoms with Crippen LogP contribution in [0.15, 0.2) is 67.0 Å². The molecule has 1 N–H and O–H groups in total. The van der Waals surface area contributed by atoms with Crippen molar-refractivity contribution in [1.82, 2.24) is 15.4 Å². The van der Waals surface area contributed by atoms with Gasteiger partial charge in [-0.2, -0.15) is 0 Å². The molecule has 4 aromatic rings. The molecule has 4 rings (SSSR count). The van der Waals surface area contributed by atoms with Gasteiger partial charge in [0.25, 0.3) is 5.91 Å². The molecule has 0 aliphatic heterocycles. The number of nitrogens with one attached hydrogen (secondary N) is 1. The third-order valence-corrected chi connectivity index (χ3v) is 4.60. The number of amides is 1. The van der Waals surface area contributed by atoms with Crippen molar-refractivity contribution < 1.29 is 18.2 Å². The van der Waals surface area contributed by atoms with Crippen LogP contribution in [-0.4, -0.2) is 26.5 Å². The Hall–Kier alpha value is -3.33. The Morgan fingerprint density at radius 1 is 1.11 bits per heavy atom. The number of furan rings is 1. The van der Waals surface area contributed by atoms with Gasteiger partial charge in [0.1, 0.15) is 0 Å².